The third-order valence-corrected chi connectivity index (χ3v) is 2.13. The maximum atomic E-state index is 10.7. The third kappa shape index (κ3) is 1.80. The van der Waals surface area contributed by atoms with E-state index in [4.69, 9.17) is 10.5 Å². The Hall–Kier alpha value is -0.690. The second-order valence-electron chi connectivity index (χ2n) is 3.14. The van der Waals surface area contributed by atoms with Gasteiger partial charge in [0.25, 0.3) is 0 Å². The average Bonchev–Trinajstić information content (AvgIpc) is 2.07. The van der Waals surface area contributed by atoms with Gasteiger partial charge in [0, 0.05) is 0 Å². The molecule has 1 heterocycles. The zero-order valence-electron chi connectivity index (χ0n) is 7.12. The minimum absolute atomic E-state index is 0.726. The van der Waals surface area contributed by atoms with Crippen molar-refractivity contribution < 1.29 is 24.9 Å². The number of amides is 1. The molecule has 1 rings (SSSR count). The summed E-state index contributed by atoms with van der Waals surface area (Å²) in [5.41, 5.74) is 4.91. The molecule has 0 aliphatic carbocycles. The first-order valence-corrected chi connectivity index (χ1v) is 3.94. The SMILES string of the molecule is CC1OC(C(N)=O)C(O)C(O)C1O. The van der Waals surface area contributed by atoms with Crippen LogP contribution in [0.15, 0.2) is 0 Å². The molecule has 5 unspecified atom stereocenters. The quantitative estimate of drug-likeness (QED) is 0.361. The van der Waals surface area contributed by atoms with E-state index in [0.29, 0.717) is 0 Å². The van der Waals surface area contributed by atoms with E-state index >= 15 is 0 Å². The van der Waals surface area contributed by atoms with Crippen LogP contribution < -0.4 is 5.73 Å². The molecule has 0 aromatic heterocycles. The topological polar surface area (TPSA) is 113 Å². The summed E-state index contributed by atoms with van der Waals surface area (Å²) in [5, 5.41) is 27.7. The molecule has 5 atom stereocenters. The first-order chi connectivity index (χ1) is 5.95. The highest BCUT2D eigenvalue weighted by atomic mass is 16.5. The van der Waals surface area contributed by atoms with Crippen LogP contribution in [0.3, 0.4) is 0 Å². The molecule has 6 heteroatoms. The van der Waals surface area contributed by atoms with Crippen molar-refractivity contribution in [2.45, 2.75) is 37.4 Å². The summed E-state index contributed by atoms with van der Waals surface area (Å²) in [5.74, 6) is -0.856. The number of rotatable bonds is 1. The van der Waals surface area contributed by atoms with Gasteiger partial charge >= 0.3 is 0 Å². The van der Waals surface area contributed by atoms with Gasteiger partial charge in [-0.1, -0.05) is 0 Å². The molecule has 5 N–H and O–H groups in total. The molecular weight excluding hydrogens is 178 g/mol. The fourth-order valence-corrected chi connectivity index (χ4v) is 1.29. The minimum Gasteiger partial charge on any atom is -0.388 e. The van der Waals surface area contributed by atoms with Crippen LogP contribution in [0.4, 0.5) is 0 Å². The summed E-state index contributed by atoms with van der Waals surface area (Å²) in [7, 11) is 0. The molecule has 0 bridgehead atoms. The van der Waals surface area contributed by atoms with Crippen molar-refractivity contribution in [2.75, 3.05) is 0 Å². The third-order valence-electron chi connectivity index (χ3n) is 2.13. The lowest BCUT2D eigenvalue weighted by Gasteiger charge is -2.37. The largest absolute Gasteiger partial charge is 0.388 e. The Balaban J connectivity index is 2.76. The monoisotopic (exact) mass is 191 g/mol. The number of primary amides is 1. The van der Waals surface area contributed by atoms with Crippen LogP contribution in [-0.4, -0.2) is 51.7 Å². The molecule has 0 radical (unpaired) electrons. The number of carbonyl (C=O) groups excluding carboxylic acids is 1. The van der Waals surface area contributed by atoms with Crippen LogP contribution >= 0.6 is 0 Å². The molecule has 13 heavy (non-hydrogen) atoms. The number of hydrogen-bond donors (Lipinski definition) is 4. The Morgan fingerprint density at radius 2 is 1.77 bits per heavy atom. The standard InChI is InChI=1S/C7H13NO5/c1-2-3(9)4(10)5(11)6(13-2)7(8)12/h2-6,9-11H,1H3,(H2,8,12). The van der Waals surface area contributed by atoms with Gasteiger partial charge in [0.1, 0.15) is 18.3 Å². The Morgan fingerprint density at radius 1 is 1.23 bits per heavy atom. The van der Waals surface area contributed by atoms with E-state index < -0.39 is 36.4 Å². The molecule has 1 fully saturated rings. The van der Waals surface area contributed by atoms with Crippen molar-refractivity contribution in [1.82, 2.24) is 0 Å². The first kappa shape index (κ1) is 10.4. The smallest absolute Gasteiger partial charge is 0.249 e. The van der Waals surface area contributed by atoms with E-state index in [1.165, 1.54) is 6.92 Å². The van der Waals surface area contributed by atoms with Crippen LogP contribution in [0.2, 0.25) is 0 Å². The van der Waals surface area contributed by atoms with E-state index in [1.54, 1.807) is 0 Å². The number of aliphatic hydroxyl groups excluding tert-OH is 3. The van der Waals surface area contributed by atoms with Gasteiger partial charge in [0.05, 0.1) is 6.10 Å². The number of aliphatic hydroxyl groups is 3. The fraction of sp³-hybridized carbons (Fsp3) is 0.857. The number of hydrogen-bond acceptors (Lipinski definition) is 5. The molecule has 0 aromatic rings. The number of nitrogens with two attached hydrogens (primary N) is 1. The van der Waals surface area contributed by atoms with E-state index in [9.17, 15) is 20.1 Å². The van der Waals surface area contributed by atoms with E-state index in [1.807, 2.05) is 0 Å². The Kier molecular flexibility index (Phi) is 2.87. The Morgan fingerprint density at radius 3 is 2.23 bits per heavy atom. The van der Waals surface area contributed by atoms with Crippen molar-refractivity contribution in [3.63, 3.8) is 0 Å². The fourth-order valence-electron chi connectivity index (χ4n) is 1.29. The predicted octanol–water partition coefficient (Wildman–Crippen LogP) is -2.66. The van der Waals surface area contributed by atoms with Crippen molar-refractivity contribution in [3.05, 3.63) is 0 Å². The molecule has 1 saturated heterocycles. The Bertz CT molecular complexity index is 209. The highest BCUT2D eigenvalue weighted by molar-refractivity contribution is 5.79. The summed E-state index contributed by atoms with van der Waals surface area (Å²) in [6, 6.07) is 0. The van der Waals surface area contributed by atoms with Gasteiger partial charge in [0.2, 0.25) is 5.91 Å². The summed E-state index contributed by atoms with van der Waals surface area (Å²) in [4.78, 5) is 10.7. The van der Waals surface area contributed by atoms with Crippen molar-refractivity contribution in [3.8, 4) is 0 Å². The van der Waals surface area contributed by atoms with Gasteiger partial charge in [-0.05, 0) is 6.92 Å². The highest BCUT2D eigenvalue weighted by Gasteiger charge is 2.44. The van der Waals surface area contributed by atoms with Crippen molar-refractivity contribution in [2.24, 2.45) is 5.73 Å². The molecule has 76 valence electrons. The maximum absolute atomic E-state index is 10.7. The van der Waals surface area contributed by atoms with Crippen molar-refractivity contribution in [1.29, 1.82) is 0 Å². The molecule has 1 aliphatic rings. The summed E-state index contributed by atoms with van der Waals surface area (Å²) < 4.78 is 4.91. The highest BCUT2D eigenvalue weighted by Crippen LogP contribution is 2.20. The minimum atomic E-state index is -1.47. The van der Waals surface area contributed by atoms with Crippen LogP contribution in [0.1, 0.15) is 6.92 Å². The van der Waals surface area contributed by atoms with Crippen LogP contribution in [0.5, 0.6) is 0 Å². The van der Waals surface area contributed by atoms with Crippen molar-refractivity contribution >= 4 is 5.91 Å². The van der Waals surface area contributed by atoms with Crippen LogP contribution in [0, 0.1) is 0 Å². The van der Waals surface area contributed by atoms with Gasteiger partial charge in [-0.15, -0.1) is 0 Å². The Labute approximate surface area is 74.9 Å². The van der Waals surface area contributed by atoms with Gasteiger partial charge in [0.15, 0.2) is 6.10 Å². The molecule has 1 amide bonds. The van der Waals surface area contributed by atoms with E-state index in [0.717, 1.165) is 0 Å². The zero-order valence-corrected chi connectivity index (χ0v) is 7.12. The second-order valence-corrected chi connectivity index (χ2v) is 3.14. The molecular formula is C7H13NO5. The van der Waals surface area contributed by atoms with Gasteiger partial charge < -0.3 is 25.8 Å². The predicted molar refractivity (Wildman–Crippen MR) is 41.5 cm³/mol. The number of carbonyl (C=O) groups is 1. The first-order valence-electron chi connectivity index (χ1n) is 3.94. The summed E-state index contributed by atoms with van der Waals surface area (Å²) in [6.45, 7) is 1.48. The maximum Gasteiger partial charge on any atom is 0.249 e. The van der Waals surface area contributed by atoms with Gasteiger partial charge in [-0.3, -0.25) is 4.79 Å². The summed E-state index contributed by atoms with van der Waals surface area (Å²) >= 11 is 0. The normalized spacial score (nSPS) is 46.0. The van der Waals surface area contributed by atoms with Crippen LogP contribution in [-0.2, 0) is 9.53 Å². The lowest BCUT2D eigenvalue weighted by Crippen LogP contribution is -2.60. The van der Waals surface area contributed by atoms with Gasteiger partial charge in [-0.25, -0.2) is 0 Å². The van der Waals surface area contributed by atoms with Gasteiger partial charge in [-0.2, -0.15) is 0 Å². The number of ether oxygens (including phenoxy) is 1. The van der Waals surface area contributed by atoms with Crippen LogP contribution in [0.25, 0.3) is 0 Å². The molecule has 0 spiro atoms. The molecule has 6 nitrogen and oxygen atoms in total. The average molecular weight is 191 g/mol. The molecule has 1 aliphatic heterocycles. The summed E-state index contributed by atoms with van der Waals surface area (Å²) in [6.07, 6.45) is -6.06. The molecule has 0 aromatic carbocycles. The lowest BCUT2D eigenvalue weighted by molar-refractivity contribution is -0.214. The van der Waals surface area contributed by atoms with E-state index in [-0.39, 0.29) is 0 Å². The van der Waals surface area contributed by atoms with E-state index in [2.05, 4.69) is 0 Å². The molecule has 0 saturated carbocycles. The second kappa shape index (κ2) is 3.59. The lowest BCUT2D eigenvalue weighted by atomic mass is 9.95. The zero-order chi connectivity index (χ0) is 10.2.